The van der Waals surface area contributed by atoms with Crippen LogP contribution in [0.5, 0.6) is 0 Å². The van der Waals surface area contributed by atoms with Crippen LogP contribution in [-0.4, -0.2) is 21.1 Å². The zero-order valence-electron chi connectivity index (χ0n) is 12.3. The number of aryl methyl sites for hydroxylation is 2. The van der Waals surface area contributed by atoms with Crippen molar-refractivity contribution in [1.82, 2.24) is 20.5 Å². The number of amides is 1. The minimum absolute atomic E-state index is 0.293. The molecule has 2 aromatic heterocycles. The molecule has 3 aromatic rings. The van der Waals surface area contributed by atoms with E-state index in [0.717, 1.165) is 11.1 Å². The van der Waals surface area contributed by atoms with Crippen molar-refractivity contribution in [2.45, 2.75) is 19.9 Å². The quantitative estimate of drug-likeness (QED) is 0.775. The van der Waals surface area contributed by atoms with Gasteiger partial charge in [-0.3, -0.25) is 9.89 Å². The van der Waals surface area contributed by atoms with Gasteiger partial charge in [-0.1, -0.05) is 30.3 Å². The summed E-state index contributed by atoms with van der Waals surface area (Å²) in [6.45, 7) is 3.64. The normalized spacial score (nSPS) is 12.1. The molecule has 6 nitrogen and oxygen atoms in total. The second-order valence-corrected chi connectivity index (χ2v) is 5.03. The van der Waals surface area contributed by atoms with Crippen molar-refractivity contribution in [3.05, 3.63) is 71.2 Å². The summed E-state index contributed by atoms with van der Waals surface area (Å²) in [6, 6.07) is 10.9. The maximum absolute atomic E-state index is 12.4. The predicted octanol–water partition coefficient (Wildman–Crippen LogP) is 2.53. The summed E-state index contributed by atoms with van der Waals surface area (Å²) in [5, 5.41) is 9.90. The second kappa shape index (κ2) is 5.85. The maximum Gasteiger partial charge on any atom is 0.288 e. The van der Waals surface area contributed by atoms with Crippen LogP contribution in [0.2, 0.25) is 0 Å². The first-order chi connectivity index (χ1) is 10.6. The van der Waals surface area contributed by atoms with Gasteiger partial charge in [0.1, 0.15) is 11.9 Å². The van der Waals surface area contributed by atoms with E-state index in [1.54, 1.807) is 6.07 Å². The number of hydrogen-bond donors (Lipinski definition) is 2. The highest BCUT2D eigenvalue weighted by molar-refractivity contribution is 5.93. The van der Waals surface area contributed by atoms with Gasteiger partial charge in [-0.05, 0) is 25.5 Å². The number of carbonyl (C=O) groups is 1. The number of rotatable bonds is 4. The van der Waals surface area contributed by atoms with Gasteiger partial charge >= 0.3 is 0 Å². The van der Waals surface area contributed by atoms with Gasteiger partial charge in [-0.15, -0.1) is 0 Å². The van der Waals surface area contributed by atoms with Crippen LogP contribution < -0.4 is 5.32 Å². The number of nitrogens with one attached hydrogen (secondary N) is 2. The highest BCUT2D eigenvalue weighted by Crippen LogP contribution is 2.20. The fourth-order valence-electron chi connectivity index (χ4n) is 2.23. The minimum Gasteiger partial charge on any atom is -0.459 e. The van der Waals surface area contributed by atoms with Gasteiger partial charge < -0.3 is 9.73 Å². The number of nitrogens with zero attached hydrogens (tertiary/aromatic N) is 2. The second-order valence-electron chi connectivity index (χ2n) is 5.03. The Hall–Kier alpha value is -2.89. The molecule has 3 rings (SSSR count). The largest absolute Gasteiger partial charge is 0.459 e. The van der Waals surface area contributed by atoms with E-state index in [4.69, 9.17) is 4.42 Å². The number of furan rings is 1. The van der Waals surface area contributed by atoms with Crippen LogP contribution in [0.4, 0.5) is 0 Å². The average Bonchev–Trinajstić information content (AvgIpc) is 3.14. The highest BCUT2D eigenvalue weighted by atomic mass is 16.3. The Morgan fingerprint density at radius 1 is 1.23 bits per heavy atom. The molecule has 112 valence electrons. The average molecular weight is 296 g/mol. The monoisotopic (exact) mass is 296 g/mol. The first kappa shape index (κ1) is 14.1. The number of aromatic amines is 1. The molecule has 1 amide bonds. The van der Waals surface area contributed by atoms with Crippen molar-refractivity contribution in [3.63, 3.8) is 0 Å². The minimum atomic E-state index is -0.442. The molecule has 2 heterocycles. The summed E-state index contributed by atoms with van der Waals surface area (Å²) >= 11 is 0. The Balaban J connectivity index is 1.93. The smallest absolute Gasteiger partial charge is 0.288 e. The lowest BCUT2D eigenvalue weighted by molar-refractivity contribution is 0.0912. The van der Waals surface area contributed by atoms with Crippen LogP contribution in [0.15, 0.2) is 47.1 Å². The fourth-order valence-corrected chi connectivity index (χ4v) is 2.23. The molecule has 0 spiro atoms. The fraction of sp³-hybridized carbons (Fsp3) is 0.188. The lowest BCUT2D eigenvalue weighted by atomic mass is 10.1. The third kappa shape index (κ3) is 2.76. The van der Waals surface area contributed by atoms with E-state index < -0.39 is 6.04 Å². The number of benzene rings is 1. The standard InChI is InChI=1S/C16H16N4O2/c1-10-8-9-22-14(10)16(21)18-13(12-6-4-3-5-7-12)15-17-11(2)19-20-15/h3-9,13H,1-2H3,(H,18,21)(H,17,19,20)/t13-/m1/s1. The van der Waals surface area contributed by atoms with Crippen LogP contribution in [0.3, 0.4) is 0 Å². The maximum atomic E-state index is 12.4. The van der Waals surface area contributed by atoms with Crippen LogP contribution in [0, 0.1) is 13.8 Å². The first-order valence-corrected chi connectivity index (χ1v) is 6.94. The zero-order valence-corrected chi connectivity index (χ0v) is 12.3. The molecule has 0 aliphatic heterocycles. The van der Waals surface area contributed by atoms with E-state index in [2.05, 4.69) is 20.5 Å². The topological polar surface area (TPSA) is 83.8 Å². The highest BCUT2D eigenvalue weighted by Gasteiger charge is 2.23. The van der Waals surface area contributed by atoms with Crippen molar-refractivity contribution in [2.24, 2.45) is 0 Å². The molecular formula is C16H16N4O2. The summed E-state index contributed by atoms with van der Waals surface area (Å²) in [7, 11) is 0. The summed E-state index contributed by atoms with van der Waals surface area (Å²) in [5.74, 6) is 1.22. The molecule has 0 fully saturated rings. The van der Waals surface area contributed by atoms with E-state index in [1.807, 2.05) is 44.2 Å². The van der Waals surface area contributed by atoms with Crippen molar-refractivity contribution in [2.75, 3.05) is 0 Å². The number of carbonyl (C=O) groups excluding carboxylic acids is 1. The Kier molecular flexibility index (Phi) is 3.74. The van der Waals surface area contributed by atoms with Crippen molar-refractivity contribution >= 4 is 5.91 Å². The number of aromatic nitrogens is 3. The summed E-state index contributed by atoms with van der Waals surface area (Å²) < 4.78 is 5.24. The van der Waals surface area contributed by atoms with E-state index >= 15 is 0 Å². The van der Waals surface area contributed by atoms with Gasteiger partial charge in [0.05, 0.1) is 6.26 Å². The summed E-state index contributed by atoms with van der Waals surface area (Å²) in [6.07, 6.45) is 1.50. The first-order valence-electron chi connectivity index (χ1n) is 6.94. The number of H-pyrrole nitrogens is 1. The van der Waals surface area contributed by atoms with Gasteiger partial charge in [0.15, 0.2) is 11.6 Å². The van der Waals surface area contributed by atoms with Gasteiger partial charge in [-0.2, -0.15) is 5.10 Å². The van der Waals surface area contributed by atoms with Gasteiger partial charge in [0.25, 0.3) is 5.91 Å². The van der Waals surface area contributed by atoms with E-state index in [-0.39, 0.29) is 5.91 Å². The Labute approximate surface area is 127 Å². The molecule has 0 aliphatic carbocycles. The molecule has 2 N–H and O–H groups in total. The van der Waals surface area contributed by atoms with Crippen LogP contribution in [0.25, 0.3) is 0 Å². The molecule has 22 heavy (non-hydrogen) atoms. The van der Waals surface area contributed by atoms with Crippen LogP contribution in [0.1, 0.15) is 39.4 Å². The molecular weight excluding hydrogens is 280 g/mol. The van der Waals surface area contributed by atoms with Crippen molar-refractivity contribution < 1.29 is 9.21 Å². The Morgan fingerprint density at radius 3 is 2.59 bits per heavy atom. The van der Waals surface area contributed by atoms with Crippen LogP contribution in [-0.2, 0) is 0 Å². The molecule has 0 aliphatic rings. The van der Waals surface area contributed by atoms with Crippen molar-refractivity contribution in [3.8, 4) is 0 Å². The third-order valence-electron chi connectivity index (χ3n) is 3.35. The lowest BCUT2D eigenvalue weighted by Crippen LogP contribution is -2.30. The lowest BCUT2D eigenvalue weighted by Gasteiger charge is -2.15. The van der Waals surface area contributed by atoms with E-state index in [1.165, 1.54) is 6.26 Å². The van der Waals surface area contributed by atoms with Gasteiger partial charge in [-0.25, -0.2) is 4.98 Å². The van der Waals surface area contributed by atoms with Gasteiger partial charge in [0, 0.05) is 5.56 Å². The van der Waals surface area contributed by atoms with Crippen LogP contribution >= 0.6 is 0 Å². The predicted molar refractivity (Wildman–Crippen MR) is 80.3 cm³/mol. The van der Waals surface area contributed by atoms with Crippen molar-refractivity contribution in [1.29, 1.82) is 0 Å². The zero-order chi connectivity index (χ0) is 15.5. The molecule has 0 unspecified atom stereocenters. The summed E-state index contributed by atoms with van der Waals surface area (Å²) in [4.78, 5) is 16.8. The molecule has 1 atom stereocenters. The SMILES string of the molecule is Cc1nc([C@H](NC(=O)c2occc2C)c2ccccc2)n[nH]1. The molecule has 0 saturated carbocycles. The Bertz CT molecular complexity index is 776. The van der Waals surface area contributed by atoms with E-state index in [9.17, 15) is 4.79 Å². The Morgan fingerprint density at radius 2 is 2.00 bits per heavy atom. The molecule has 0 saturated heterocycles. The summed E-state index contributed by atoms with van der Waals surface area (Å²) in [5.41, 5.74) is 1.69. The van der Waals surface area contributed by atoms with Gasteiger partial charge in [0.2, 0.25) is 0 Å². The molecule has 0 radical (unpaired) electrons. The molecule has 0 bridgehead atoms. The third-order valence-corrected chi connectivity index (χ3v) is 3.35. The molecule has 1 aromatic carbocycles. The van der Waals surface area contributed by atoms with E-state index in [0.29, 0.717) is 17.4 Å². The number of hydrogen-bond acceptors (Lipinski definition) is 4. The molecule has 6 heteroatoms.